The number of nitrogens with zero attached hydrogens (tertiary/aromatic N) is 4. The Kier molecular flexibility index (Phi) is 5.00. The van der Waals surface area contributed by atoms with E-state index in [0.29, 0.717) is 6.42 Å². The molecule has 0 spiro atoms. The largest absolute Gasteiger partial charge is 0.480 e. The summed E-state index contributed by atoms with van der Waals surface area (Å²) in [6.07, 6.45) is 2.82. The molecule has 2 heterocycles. The summed E-state index contributed by atoms with van der Waals surface area (Å²) >= 11 is 0. The molecule has 1 aromatic carbocycles. The minimum Gasteiger partial charge on any atom is -0.480 e. The summed E-state index contributed by atoms with van der Waals surface area (Å²) < 4.78 is 37.4. The molecule has 0 saturated carbocycles. The molecule has 0 bridgehead atoms. The maximum Gasteiger partial charge on any atom is 0.289 e. The topological polar surface area (TPSA) is 125 Å². The quantitative estimate of drug-likeness (QED) is 0.541. The van der Waals surface area contributed by atoms with Crippen molar-refractivity contribution in [2.24, 2.45) is 0 Å². The van der Waals surface area contributed by atoms with Crippen molar-refractivity contribution < 1.29 is 22.8 Å². The van der Waals surface area contributed by atoms with Crippen LogP contribution < -0.4 is 9.47 Å². The van der Waals surface area contributed by atoms with Crippen LogP contribution in [-0.4, -0.2) is 53.9 Å². The number of hydrogen-bond donors (Lipinski definition) is 0. The van der Waals surface area contributed by atoms with Gasteiger partial charge in [-0.2, -0.15) is 9.29 Å². The van der Waals surface area contributed by atoms with Crippen LogP contribution in [0, 0.1) is 10.1 Å². The number of methoxy groups -OCH3 is 1. The van der Waals surface area contributed by atoms with Crippen LogP contribution in [0.1, 0.15) is 6.42 Å². The lowest BCUT2D eigenvalue weighted by Gasteiger charge is -2.17. The molecule has 0 amide bonds. The van der Waals surface area contributed by atoms with E-state index in [-0.39, 0.29) is 29.7 Å². The summed E-state index contributed by atoms with van der Waals surface area (Å²) in [5.41, 5.74) is -0.449. The Morgan fingerprint density at radius 1 is 1.27 bits per heavy atom. The van der Waals surface area contributed by atoms with Gasteiger partial charge in [0.05, 0.1) is 31.0 Å². The first-order valence-electron chi connectivity index (χ1n) is 7.68. The molecule has 138 valence electrons. The van der Waals surface area contributed by atoms with Gasteiger partial charge in [0.15, 0.2) is 4.90 Å². The molecule has 1 saturated heterocycles. The number of aromatic nitrogens is 2. The molecule has 0 N–H and O–H groups in total. The summed E-state index contributed by atoms with van der Waals surface area (Å²) in [4.78, 5) is 18.1. The van der Waals surface area contributed by atoms with Crippen molar-refractivity contribution in [3.8, 4) is 11.8 Å². The first-order valence-corrected chi connectivity index (χ1v) is 9.12. The smallest absolute Gasteiger partial charge is 0.289 e. The highest BCUT2D eigenvalue weighted by Gasteiger charge is 2.37. The zero-order chi connectivity index (χ0) is 18.7. The molecular formula is C15H16N4O6S. The van der Waals surface area contributed by atoms with Crippen molar-refractivity contribution in [2.75, 3.05) is 20.2 Å². The monoisotopic (exact) mass is 380 g/mol. The molecule has 1 atom stereocenters. The van der Waals surface area contributed by atoms with Crippen molar-refractivity contribution in [3.05, 3.63) is 46.8 Å². The summed E-state index contributed by atoms with van der Waals surface area (Å²) in [6.45, 7) is 0.254. The van der Waals surface area contributed by atoms with Gasteiger partial charge in [0.25, 0.3) is 5.69 Å². The van der Waals surface area contributed by atoms with Gasteiger partial charge in [0.2, 0.25) is 21.8 Å². The van der Waals surface area contributed by atoms with Gasteiger partial charge in [-0.3, -0.25) is 15.1 Å². The van der Waals surface area contributed by atoms with Gasteiger partial charge in [-0.05, 0) is 12.5 Å². The van der Waals surface area contributed by atoms with Crippen molar-refractivity contribution >= 4 is 15.7 Å². The molecule has 1 aromatic heterocycles. The number of nitro benzene ring substituents is 1. The molecular weight excluding hydrogens is 364 g/mol. The number of rotatable bonds is 6. The van der Waals surface area contributed by atoms with Crippen molar-refractivity contribution in [3.63, 3.8) is 0 Å². The molecule has 2 aromatic rings. The Hall–Kier alpha value is -2.79. The highest BCUT2D eigenvalue weighted by atomic mass is 32.2. The van der Waals surface area contributed by atoms with E-state index in [1.165, 1.54) is 48.1 Å². The highest BCUT2D eigenvalue weighted by Crippen LogP contribution is 2.29. The maximum atomic E-state index is 12.8. The Morgan fingerprint density at radius 3 is 2.73 bits per heavy atom. The third-order valence-corrected chi connectivity index (χ3v) is 5.79. The number of hydrogen-bond acceptors (Lipinski definition) is 8. The van der Waals surface area contributed by atoms with Gasteiger partial charge in [-0.15, -0.1) is 0 Å². The van der Waals surface area contributed by atoms with E-state index >= 15 is 0 Å². The molecule has 0 aliphatic carbocycles. The normalized spacial score (nSPS) is 17.8. The van der Waals surface area contributed by atoms with Crippen molar-refractivity contribution in [1.29, 1.82) is 0 Å². The van der Waals surface area contributed by atoms with E-state index in [1.807, 2.05) is 0 Å². The van der Waals surface area contributed by atoms with E-state index in [2.05, 4.69) is 9.97 Å². The van der Waals surface area contributed by atoms with Gasteiger partial charge in [0.1, 0.15) is 6.10 Å². The lowest BCUT2D eigenvalue weighted by molar-refractivity contribution is -0.387. The van der Waals surface area contributed by atoms with Crippen LogP contribution in [0.5, 0.6) is 11.8 Å². The van der Waals surface area contributed by atoms with Crippen LogP contribution in [0.4, 0.5) is 5.69 Å². The van der Waals surface area contributed by atoms with Gasteiger partial charge >= 0.3 is 0 Å². The van der Waals surface area contributed by atoms with Gasteiger partial charge in [0, 0.05) is 12.6 Å². The fourth-order valence-electron chi connectivity index (χ4n) is 2.63. The van der Waals surface area contributed by atoms with Crippen LogP contribution in [0.3, 0.4) is 0 Å². The van der Waals surface area contributed by atoms with E-state index in [0.717, 1.165) is 0 Å². The molecule has 1 fully saturated rings. The minimum absolute atomic E-state index is 0.0628. The van der Waals surface area contributed by atoms with Crippen LogP contribution in [-0.2, 0) is 10.0 Å². The number of ether oxygens (including phenoxy) is 2. The van der Waals surface area contributed by atoms with Crippen LogP contribution in [0.2, 0.25) is 0 Å². The maximum absolute atomic E-state index is 12.8. The highest BCUT2D eigenvalue weighted by molar-refractivity contribution is 7.89. The van der Waals surface area contributed by atoms with E-state index in [1.54, 1.807) is 0 Å². The zero-order valence-electron chi connectivity index (χ0n) is 13.8. The first kappa shape index (κ1) is 18.0. The summed E-state index contributed by atoms with van der Waals surface area (Å²) in [6, 6.07) is 5.28. The number of benzene rings is 1. The molecule has 10 nitrogen and oxygen atoms in total. The molecule has 11 heteroatoms. The molecule has 1 unspecified atom stereocenters. The molecule has 26 heavy (non-hydrogen) atoms. The van der Waals surface area contributed by atoms with Gasteiger partial charge < -0.3 is 9.47 Å². The number of sulfonamides is 1. The van der Waals surface area contributed by atoms with Gasteiger partial charge in [-0.1, -0.05) is 12.1 Å². The van der Waals surface area contributed by atoms with E-state index in [9.17, 15) is 18.5 Å². The second kappa shape index (κ2) is 7.22. The van der Waals surface area contributed by atoms with Gasteiger partial charge in [-0.25, -0.2) is 8.42 Å². The number of para-hydroxylation sites is 1. The van der Waals surface area contributed by atoms with Crippen LogP contribution in [0.25, 0.3) is 0 Å². The zero-order valence-corrected chi connectivity index (χ0v) is 14.6. The predicted octanol–water partition coefficient (Wildman–Crippen LogP) is 1.24. The van der Waals surface area contributed by atoms with E-state index < -0.39 is 26.7 Å². The lowest BCUT2D eigenvalue weighted by atomic mass is 10.3. The Bertz CT molecular complexity index is 920. The van der Waals surface area contributed by atoms with Crippen molar-refractivity contribution in [1.82, 2.24) is 14.3 Å². The summed E-state index contributed by atoms with van der Waals surface area (Å²) in [5.74, 6) is 0.504. The first-order chi connectivity index (χ1) is 12.4. The van der Waals surface area contributed by atoms with Crippen molar-refractivity contribution in [2.45, 2.75) is 17.4 Å². The fraction of sp³-hybridized carbons (Fsp3) is 0.333. The summed E-state index contributed by atoms with van der Waals surface area (Å²) in [5, 5.41) is 11.1. The standard InChI is InChI=1S/C15H16N4O6S/c1-24-14-8-16-9-15(17-14)25-11-6-7-18(10-11)26(22,23)13-5-3-2-4-12(13)19(20)21/h2-5,8-9,11H,6-7,10H2,1H3. The Labute approximate surface area is 149 Å². The SMILES string of the molecule is COc1cncc(OC2CCN(S(=O)(=O)c3ccccc3[N+](=O)[O-])C2)n1. The lowest BCUT2D eigenvalue weighted by Crippen LogP contribution is -2.31. The average molecular weight is 380 g/mol. The molecule has 3 rings (SSSR count). The van der Waals surface area contributed by atoms with Crippen LogP contribution >= 0.6 is 0 Å². The minimum atomic E-state index is -4.00. The van der Waals surface area contributed by atoms with E-state index in [4.69, 9.17) is 9.47 Å². The molecule has 1 aliphatic rings. The third-order valence-electron chi connectivity index (χ3n) is 3.87. The number of nitro groups is 1. The Balaban J connectivity index is 1.76. The second-order valence-electron chi connectivity index (χ2n) is 5.52. The Morgan fingerprint density at radius 2 is 2.00 bits per heavy atom. The third kappa shape index (κ3) is 3.58. The molecule has 1 aliphatic heterocycles. The average Bonchev–Trinajstić information content (AvgIpc) is 3.11. The summed E-state index contributed by atoms with van der Waals surface area (Å²) in [7, 11) is -2.55. The fourth-order valence-corrected chi connectivity index (χ4v) is 4.28. The predicted molar refractivity (Wildman–Crippen MR) is 89.5 cm³/mol. The second-order valence-corrected chi connectivity index (χ2v) is 7.42. The molecule has 0 radical (unpaired) electrons. The van der Waals surface area contributed by atoms with Crippen LogP contribution in [0.15, 0.2) is 41.6 Å².